The third-order valence-corrected chi connectivity index (χ3v) is 5.25. The standard InChI is InChI=1S/C20H21FN6O4/c1-11-8-23-25-27(11)15-7-14(21)4-3-12(15)9-22-19(29)16-17(28)20(30)26(2)18(24-16)13-5-6-31-10-13/h3-4,7-8,13,28H,5-6,9-10H2,1-2H3,(H,22,29). The first-order valence-electron chi connectivity index (χ1n) is 9.68. The Morgan fingerprint density at radius 2 is 2.23 bits per heavy atom. The Morgan fingerprint density at radius 3 is 2.90 bits per heavy atom. The fraction of sp³-hybridized carbons (Fsp3) is 0.350. The Kier molecular flexibility index (Phi) is 5.51. The van der Waals surface area contributed by atoms with E-state index in [1.807, 2.05) is 0 Å². The van der Waals surface area contributed by atoms with E-state index in [0.29, 0.717) is 42.4 Å². The maximum atomic E-state index is 13.8. The Morgan fingerprint density at radius 1 is 1.42 bits per heavy atom. The van der Waals surface area contributed by atoms with Gasteiger partial charge >= 0.3 is 0 Å². The number of aromatic nitrogens is 5. The van der Waals surface area contributed by atoms with Gasteiger partial charge in [0.25, 0.3) is 11.5 Å². The molecule has 3 heterocycles. The van der Waals surface area contributed by atoms with Gasteiger partial charge in [0, 0.05) is 26.1 Å². The molecule has 162 valence electrons. The number of nitrogens with zero attached hydrogens (tertiary/aromatic N) is 5. The zero-order chi connectivity index (χ0) is 22.1. The zero-order valence-electron chi connectivity index (χ0n) is 17.0. The minimum absolute atomic E-state index is 0.00799. The largest absolute Gasteiger partial charge is 0.501 e. The molecule has 1 unspecified atom stereocenters. The first-order valence-corrected chi connectivity index (χ1v) is 9.68. The number of benzene rings is 1. The molecule has 2 N–H and O–H groups in total. The number of rotatable bonds is 5. The van der Waals surface area contributed by atoms with Crippen molar-refractivity contribution in [1.82, 2.24) is 29.9 Å². The van der Waals surface area contributed by atoms with Crippen LogP contribution in [0.1, 0.15) is 39.9 Å². The molecule has 1 fully saturated rings. The van der Waals surface area contributed by atoms with Crippen molar-refractivity contribution < 1.29 is 19.0 Å². The second-order valence-electron chi connectivity index (χ2n) is 7.33. The third kappa shape index (κ3) is 3.91. The van der Waals surface area contributed by atoms with Crippen LogP contribution < -0.4 is 10.9 Å². The van der Waals surface area contributed by atoms with Crippen LogP contribution in [0.3, 0.4) is 0 Å². The SMILES string of the molecule is Cc1cnnn1-c1cc(F)ccc1CNC(=O)c1nc(C2CCOC2)n(C)c(=O)c1O. The summed E-state index contributed by atoms with van der Waals surface area (Å²) in [6.45, 7) is 2.69. The molecule has 10 nitrogen and oxygen atoms in total. The summed E-state index contributed by atoms with van der Waals surface area (Å²) in [4.78, 5) is 29.5. The summed E-state index contributed by atoms with van der Waals surface area (Å²) in [5, 5.41) is 20.6. The molecule has 31 heavy (non-hydrogen) atoms. The summed E-state index contributed by atoms with van der Waals surface area (Å²) < 4.78 is 21.9. The summed E-state index contributed by atoms with van der Waals surface area (Å²) in [6.07, 6.45) is 2.20. The van der Waals surface area contributed by atoms with Crippen LogP contribution >= 0.6 is 0 Å². The van der Waals surface area contributed by atoms with E-state index in [2.05, 4.69) is 20.6 Å². The number of aryl methyl sites for hydroxylation is 1. The number of amides is 1. The van der Waals surface area contributed by atoms with Gasteiger partial charge in [-0.15, -0.1) is 5.10 Å². The predicted octanol–water partition coefficient (Wildman–Crippen LogP) is 0.948. The summed E-state index contributed by atoms with van der Waals surface area (Å²) in [6, 6.07) is 4.07. The van der Waals surface area contributed by atoms with Gasteiger partial charge < -0.3 is 15.2 Å². The molecule has 3 aromatic rings. The van der Waals surface area contributed by atoms with Crippen LogP contribution in [-0.2, 0) is 18.3 Å². The number of hydrogen-bond donors (Lipinski definition) is 2. The van der Waals surface area contributed by atoms with Gasteiger partial charge in [-0.05, 0) is 31.0 Å². The predicted molar refractivity (Wildman–Crippen MR) is 107 cm³/mol. The molecule has 4 rings (SSSR count). The Bertz CT molecular complexity index is 1200. The van der Waals surface area contributed by atoms with Crippen LogP contribution in [-0.4, -0.2) is 48.8 Å². The molecule has 0 radical (unpaired) electrons. The van der Waals surface area contributed by atoms with Gasteiger partial charge in [-0.2, -0.15) is 0 Å². The zero-order valence-corrected chi connectivity index (χ0v) is 17.0. The molecular formula is C20H21FN6O4. The Balaban J connectivity index is 1.62. The maximum Gasteiger partial charge on any atom is 0.296 e. The first-order chi connectivity index (χ1) is 14.9. The lowest BCUT2D eigenvalue weighted by Crippen LogP contribution is -2.31. The van der Waals surface area contributed by atoms with Gasteiger partial charge in [0.2, 0.25) is 5.75 Å². The summed E-state index contributed by atoms with van der Waals surface area (Å²) in [5.74, 6) is -1.67. The van der Waals surface area contributed by atoms with Gasteiger partial charge in [-0.25, -0.2) is 14.1 Å². The van der Waals surface area contributed by atoms with Crippen LogP contribution in [0.4, 0.5) is 4.39 Å². The molecule has 11 heteroatoms. The van der Waals surface area contributed by atoms with E-state index in [1.54, 1.807) is 6.92 Å². The number of halogens is 1. The van der Waals surface area contributed by atoms with E-state index in [1.165, 1.54) is 40.7 Å². The fourth-order valence-corrected chi connectivity index (χ4v) is 3.54. The average molecular weight is 428 g/mol. The van der Waals surface area contributed by atoms with Gasteiger partial charge in [0.1, 0.15) is 11.6 Å². The van der Waals surface area contributed by atoms with Crippen molar-refractivity contribution in [3.05, 3.63) is 63.3 Å². The lowest BCUT2D eigenvalue weighted by Gasteiger charge is -2.15. The monoisotopic (exact) mass is 428 g/mol. The molecule has 0 aliphatic carbocycles. The average Bonchev–Trinajstić information content (AvgIpc) is 3.43. The molecule has 1 aliphatic rings. The third-order valence-electron chi connectivity index (χ3n) is 5.25. The highest BCUT2D eigenvalue weighted by Crippen LogP contribution is 2.24. The number of nitrogens with one attached hydrogen (secondary N) is 1. The minimum Gasteiger partial charge on any atom is -0.501 e. The van der Waals surface area contributed by atoms with Crippen LogP contribution in [0.25, 0.3) is 5.69 Å². The molecule has 0 saturated carbocycles. The van der Waals surface area contributed by atoms with E-state index >= 15 is 0 Å². The normalized spacial score (nSPS) is 15.9. The van der Waals surface area contributed by atoms with Crippen molar-refractivity contribution in [2.24, 2.45) is 7.05 Å². The van der Waals surface area contributed by atoms with Gasteiger partial charge in [-0.1, -0.05) is 11.3 Å². The highest BCUT2D eigenvalue weighted by atomic mass is 19.1. The molecule has 1 saturated heterocycles. The first kappa shape index (κ1) is 20.7. The van der Waals surface area contributed by atoms with E-state index < -0.39 is 23.0 Å². The van der Waals surface area contributed by atoms with E-state index in [-0.39, 0.29) is 18.2 Å². The molecule has 0 spiro atoms. The topological polar surface area (TPSA) is 124 Å². The fourth-order valence-electron chi connectivity index (χ4n) is 3.54. The van der Waals surface area contributed by atoms with Crippen molar-refractivity contribution >= 4 is 5.91 Å². The van der Waals surface area contributed by atoms with Crippen LogP contribution in [0.2, 0.25) is 0 Å². The number of hydrogen-bond acceptors (Lipinski definition) is 7. The second kappa shape index (κ2) is 8.26. The Labute approximate surface area is 176 Å². The van der Waals surface area contributed by atoms with Crippen molar-refractivity contribution in [2.45, 2.75) is 25.8 Å². The van der Waals surface area contributed by atoms with Crippen LogP contribution in [0.5, 0.6) is 5.75 Å². The van der Waals surface area contributed by atoms with Crippen molar-refractivity contribution in [3.8, 4) is 11.4 Å². The number of carbonyl (C=O) groups excluding carboxylic acids is 1. The molecule has 0 bridgehead atoms. The quantitative estimate of drug-likeness (QED) is 0.620. The molecule has 2 aromatic heterocycles. The molecule has 1 aromatic carbocycles. The highest BCUT2D eigenvalue weighted by molar-refractivity contribution is 5.94. The number of ether oxygens (including phenoxy) is 1. The van der Waals surface area contributed by atoms with E-state index in [9.17, 15) is 19.1 Å². The van der Waals surface area contributed by atoms with Crippen molar-refractivity contribution in [1.29, 1.82) is 0 Å². The van der Waals surface area contributed by atoms with Gasteiger partial charge in [0.15, 0.2) is 5.69 Å². The van der Waals surface area contributed by atoms with Gasteiger partial charge in [0.05, 0.1) is 24.2 Å². The summed E-state index contributed by atoms with van der Waals surface area (Å²) in [5.41, 5.74) is 0.608. The van der Waals surface area contributed by atoms with Crippen molar-refractivity contribution in [3.63, 3.8) is 0 Å². The molecule has 1 amide bonds. The van der Waals surface area contributed by atoms with Crippen LogP contribution in [0, 0.1) is 12.7 Å². The number of carbonyl (C=O) groups is 1. The molecule has 1 atom stereocenters. The minimum atomic E-state index is -0.728. The van der Waals surface area contributed by atoms with Crippen LogP contribution in [0.15, 0.2) is 29.2 Å². The van der Waals surface area contributed by atoms with E-state index in [4.69, 9.17) is 4.74 Å². The summed E-state index contributed by atoms with van der Waals surface area (Å²) in [7, 11) is 1.50. The van der Waals surface area contributed by atoms with Crippen molar-refractivity contribution in [2.75, 3.05) is 13.2 Å². The highest BCUT2D eigenvalue weighted by Gasteiger charge is 2.27. The lowest BCUT2D eigenvalue weighted by atomic mass is 10.1. The Hall–Kier alpha value is -3.60. The molecular weight excluding hydrogens is 407 g/mol. The molecule has 1 aliphatic heterocycles. The maximum absolute atomic E-state index is 13.8. The van der Waals surface area contributed by atoms with Gasteiger partial charge in [-0.3, -0.25) is 14.2 Å². The van der Waals surface area contributed by atoms with E-state index in [0.717, 1.165) is 0 Å². The smallest absolute Gasteiger partial charge is 0.296 e. The lowest BCUT2D eigenvalue weighted by molar-refractivity contribution is 0.0941. The second-order valence-corrected chi connectivity index (χ2v) is 7.33. The summed E-state index contributed by atoms with van der Waals surface area (Å²) >= 11 is 0. The number of aromatic hydroxyl groups is 1.